The first kappa shape index (κ1) is 21.9. The molecule has 1 aliphatic rings. The molecule has 2 amide bonds. The number of ether oxygens (including phenoxy) is 1. The smallest absolute Gasteiger partial charge is 0.318 e. The van der Waals surface area contributed by atoms with Gasteiger partial charge in [0.25, 0.3) is 0 Å². The van der Waals surface area contributed by atoms with E-state index in [0.717, 1.165) is 35.3 Å². The zero-order valence-electron chi connectivity index (χ0n) is 18.6. The highest BCUT2D eigenvalue weighted by Gasteiger charge is 2.20. The van der Waals surface area contributed by atoms with E-state index in [1.54, 1.807) is 0 Å². The third-order valence-corrected chi connectivity index (χ3v) is 5.98. The largest absolute Gasteiger partial charge is 0.489 e. The summed E-state index contributed by atoms with van der Waals surface area (Å²) < 4.78 is 5.90. The maximum Gasteiger partial charge on any atom is 0.318 e. The Bertz CT molecular complexity index is 952. The quantitative estimate of drug-likeness (QED) is 0.457. The molecule has 3 aromatic carbocycles. The maximum atomic E-state index is 13.1. The van der Waals surface area contributed by atoms with Gasteiger partial charge in [-0.05, 0) is 41.7 Å². The minimum Gasteiger partial charge on any atom is -0.489 e. The molecule has 4 rings (SSSR count). The summed E-state index contributed by atoms with van der Waals surface area (Å²) in [6.07, 6.45) is 5.84. The number of carbonyl (C=O) groups is 1. The lowest BCUT2D eigenvalue weighted by atomic mass is 9.96. The molecule has 166 valence electrons. The van der Waals surface area contributed by atoms with Crippen molar-refractivity contribution in [2.75, 3.05) is 0 Å². The molecule has 1 fully saturated rings. The predicted octanol–water partition coefficient (Wildman–Crippen LogP) is 6.31. The standard InChI is InChI=1S/C28H32N2O2/c31-28(29-26-14-8-3-9-15-26)30(20-23-10-4-1-5-11-23)21-24-16-18-27(19-17-24)32-22-25-12-6-2-7-13-25/h1-2,4-7,10-13,16-19,26H,3,8-9,14-15,20-22H2,(H,29,31). The Morgan fingerprint density at radius 2 is 1.31 bits per heavy atom. The highest BCUT2D eigenvalue weighted by atomic mass is 16.5. The molecule has 1 aliphatic carbocycles. The van der Waals surface area contributed by atoms with Crippen LogP contribution in [0.1, 0.15) is 48.8 Å². The van der Waals surface area contributed by atoms with Crippen molar-refractivity contribution in [1.29, 1.82) is 0 Å². The number of carbonyl (C=O) groups excluding carboxylic acids is 1. The molecule has 0 saturated heterocycles. The summed E-state index contributed by atoms with van der Waals surface area (Å²) in [5, 5.41) is 3.27. The number of urea groups is 1. The van der Waals surface area contributed by atoms with E-state index in [1.807, 2.05) is 65.6 Å². The van der Waals surface area contributed by atoms with Crippen molar-refractivity contribution in [2.24, 2.45) is 0 Å². The minimum atomic E-state index is 0.0187. The molecule has 0 bridgehead atoms. The van der Waals surface area contributed by atoms with Gasteiger partial charge in [-0.3, -0.25) is 0 Å². The van der Waals surface area contributed by atoms with Gasteiger partial charge in [-0.25, -0.2) is 4.79 Å². The monoisotopic (exact) mass is 428 g/mol. The van der Waals surface area contributed by atoms with Gasteiger partial charge < -0.3 is 15.0 Å². The molecular formula is C28H32N2O2. The summed E-state index contributed by atoms with van der Waals surface area (Å²) in [4.78, 5) is 15.0. The summed E-state index contributed by atoms with van der Waals surface area (Å²) in [5.74, 6) is 0.832. The van der Waals surface area contributed by atoms with Gasteiger partial charge in [0.05, 0.1) is 0 Å². The van der Waals surface area contributed by atoms with Gasteiger partial charge in [0.1, 0.15) is 12.4 Å². The van der Waals surface area contributed by atoms with Crippen LogP contribution in [0.5, 0.6) is 5.75 Å². The Balaban J connectivity index is 1.39. The van der Waals surface area contributed by atoms with E-state index in [9.17, 15) is 4.79 Å². The van der Waals surface area contributed by atoms with Crippen molar-refractivity contribution < 1.29 is 9.53 Å². The second kappa shape index (κ2) is 11.4. The number of nitrogens with one attached hydrogen (secondary N) is 1. The fourth-order valence-electron chi connectivity index (χ4n) is 4.17. The minimum absolute atomic E-state index is 0.0187. The number of benzene rings is 3. The lowest BCUT2D eigenvalue weighted by Crippen LogP contribution is -2.44. The normalized spacial score (nSPS) is 14.0. The predicted molar refractivity (Wildman–Crippen MR) is 128 cm³/mol. The summed E-state index contributed by atoms with van der Waals surface area (Å²) >= 11 is 0. The average molecular weight is 429 g/mol. The molecule has 4 heteroatoms. The molecular weight excluding hydrogens is 396 g/mol. The molecule has 1 saturated carbocycles. The second-order valence-electron chi connectivity index (χ2n) is 8.54. The third kappa shape index (κ3) is 6.61. The highest BCUT2D eigenvalue weighted by Crippen LogP contribution is 2.20. The summed E-state index contributed by atoms with van der Waals surface area (Å²) in [7, 11) is 0. The number of amides is 2. The van der Waals surface area contributed by atoms with Gasteiger partial charge >= 0.3 is 6.03 Å². The molecule has 0 aliphatic heterocycles. The Morgan fingerprint density at radius 3 is 1.94 bits per heavy atom. The molecule has 3 aromatic rings. The molecule has 0 aromatic heterocycles. The fraction of sp³-hybridized carbons (Fsp3) is 0.321. The third-order valence-electron chi connectivity index (χ3n) is 5.98. The van der Waals surface area contributed by atoms with Crippen molar-refractivity contribution in [3.8, 4) is 5.75 Å². The first-order valence-electron chi connectivity index (χ1n) is 11.6. The van der Waals surface area contributed by atoms with Gasteiger partial charge in [0, 0.05) is 19.1 Å². The second-order valence-corrected chi connectivity index (χ2v) is 8.54. The number of hydrogen-bond acceptors (Lipinski definition) is 2. The Morgan fingerprint density at radius 1 is 0.750 bits per heavy atom. The van der Waals surface area contributed by atoms with Crippen LogP contribution >= 0.6 is 0 Å². The number of nitrogens with zero attached hydrogens (tertiary/aromatic N) is 1. The number of rotatable bonds is 8. The van der Waals surface area contributed by atoms with Gasteiger partial charge in [0.15, 0.2) is 0 Å². The fourth-order valence-corrected chi connectivity index (χ4v) is 4.17. The van der Waals surface area contributed by atoms with Crippen LogP contribution in [0.4, 0.5) is 4.79 Å². The topological polar surface area (TPSA) is 41.6 Å². The highest BCUT2D eigenvalue weighted by molar-refractivity contribution is 5.74. The molecule has 4 nitrogen and oxygen atoms in total. The van der Waals surface area contributed by atoms with Crippen molar-refractivity contribution in [3.63, 3.8) is 0 Å². The van der Waals surface area contributed by atoms with Crippen LogP contribution in [-0.2, 0) is 19.7 Å². The van der Waals surface area contributed by atoms with Gasteiger partial charge in [-0.1, -0.05) is 92.1 Å². The lowest BCUT2D eigenvalue weighted by Gasteiger charge is -2.28. The molecule has 1 N–H and O–H groups in total. The van der Waals surface area contributed by atoms with E-state index < -0.39 is 0 Å². The van der Waals surface area contributed by atoms with Crippen LogP contribution in [0.2, 0.25) is 0 Å². The Kier molecular flexibility index (Phi) is 7.80. The van der Waals surface area contributed by atoms with Crippen molar-refractivity contribution >= 4 is 6.03 Å². The van der Waals surface area contributed by atoms with E-state index >= 15 is 0 Å². The zero-order valence-corrected chi connectivity index (χ0v) is 18.6. The molecule has 32 heavy (non-hydrogen) atoms. The van der Waals surface area contributed by atoms with E-state index in [0.29, 0.717) is 25.7 Å². The molecule has 0 radical (unpaired) electrons. The van der Waals surface area contributed by atoms with E-state index in [4.69, 9.17) is 4.74 Å². The van der Waals surface area contributed by atoms with Crippen molar-refractivity contribution in [1.82, 2.24) is 10.2 Å². The average Bonchev–Trinajstić information content (AvgIpc) is 2.85. The van der Waals surface area contributed by atoms with Gasteiger partial charge in [0.2, 0.25) is 0 Å². The summed E-state index contributed by atoms with van der Waals surface area (Å²) in [6, 6.07) is 28.7. The van der Waals surface area contributed by atoms with E-state index in [-0.39, 0.29) is 6.03 Å². The SMILES string of the molecule is O=C(NC1CCCCC1)N(Cc1ccccc1)Cc1ccc(OCc2ccccc2)cc1. The van der Waals surface area contributed by atoms with Crippen molar-refractivity contribution in [3.05, 3.63) is 102 Å². The van der Waals surface area contributed by atoms with Gasteiger partial charge in [-0.2, -0.15) is 0 Å². The van der Waals surface area contributed by atoms with Crippen LogP contribution in [-0.4, -0.2) is 17.0 Å². The molecule has 0 unspecified atom stereocenters. The van der Waals surface area contributed by atoms with E-state index in [2.05, 4.69) is 29.6 Å². The molecule has 0 heterocycles. The van der Waals surface area contributed by atoms with Crippen LogP contribution in [0.25, 0.3) is 0 Å². The lowest BCUT2D eigenvalue weighted by molar-refractivity contribution is 0.184. The number of hydrogen-bond donors (Lipinski definition) is 1. The van der Waals surface area contributed by atoms with Gasteiger partial charge in [-0.15, -0.1) is 0 Å². The van der Waals surface area contributed by atoms with Crippen LogP contribution in [0.3, 0.4) is 0 Å². The van der Waals surface area contributed by atoms with Crippen LogP contribution < -0.4 is 10.1 Å². The Labute approximate surface area is 191 Å². The van der Waals surface area contributed by atoms with E-state index in [1.165, 1.54) is 19.3 Å². The summed E-state index contributed by atoms with van der Waals surface area (Å²) in [5.41, 5.74) is 3.37. The van der Waals surface area contributed by atoms with Crippen LogP contribution in [0.15, 0.2) is 84.9 Å². The molecule has 0 spiro atoms. The van der Waals surface area contributed by atoms with Crippen LogP contribution in [0, 0.1) is 0 Å². The summed E-state index contributed by atoms with van der Waals surface area (Å²) in [6.45, 7) is 1.70. The zero-order chi connectivity index (χ0) is 22.0. The molecule has 0 atom stereocenters. The first-order valence-corrected chi connectivity index (χ1v) is 11.6. The van der Waals surface area contributed by atoms with Crippen molar-refractivity contribution in [2.45, 2.75) is 57.8 Å². The maximum absolute atomic E-state index is 13.1. The Hall–Kier alpha value is -3.27. The first-order chi connectivity index (χ1) is 15.8.